The summed E-state index contributed by atoms with van der Waals surface area (Å²) in [4.78, 5) is 4.78. The molecule has 0 atom stereocenters. The minimum absolute atomic E-state index is 0.0679. The van der Waals surface area contributed by atoms with Gasteiger partial charge in [0, 0.05) is 20.1 Å². The van der Waals surface area contributed by atoms with Crippen LogP contribution in [0.5, 0.6) is 0 Å². The van der Waals surface area contributed by atoms with Crippen molar-refractivity contribution >= 4 is 10.0 Å². The van der Waals surface area contributed by atoms with Crippen LogP contribution in [0, 0.1) is 0 Å². The fraction of sp³-hybridized carbons (Fsp3) is 0.400. The number of nitrogens with one attached hydrogen (secondary N) is 1. The highest BCUT2D eigenvalue weighted by Crippen LogP contribution is 2.17. The summed E-state index contributed by atoms with van der Waals surface area (Å²) in [6.45, 7) is 2.04. The predicted octanol–water partition coefficient (Wildman–Crippen LogP) is 1.86. The van der Waals surface area contributed by atoms with Gasteiger partial charge in [0.2, 0.25) is 10.0 Å². The molecule has 0 aliphatic heterocycles. The molecule has 0 radical (unpaired) electrons. The number of aromatic nitrogens is 3. The first-order valence-electron chi connectivity index (χ1n) is 9.60. The van der Waals surface area contributed by atoms with Gasteiger partial charge >= 0.3 is 0 Å². The minimum Gasteiger partial charge on any atom is -0.385 e. The highest BCUT2D eigenvalue weighted by Gasteiger charge is 2.14. The zero-order chi connectivity index (χ0) is 20.7. The molecular formula is C20H27N5O3S. The molecule has 1 aromatic heterocycles. The van der Waals surface area contributed by atoms with Crippen LogP contribution in [0.4, 0.5) is 0 Å². The summed E-state index contributed by atoms with van der Waals surface area (Å²) >= 11 is 0. The lowest BCUT2D eigenvalue weighted by molar-refractivity contribution is 0.194. The molecule has 1 aliphatic carbocycles. The van der Waals surface area contributed by atoms with Gasteiger partial charge in [-0.3, -0.25) is 0 Å². The second-order valence-electron chi connectivity index (χ2n) is 6.85. The molecule has 1 aromatic carbocycles. The third-order valence-corrected chi connectivity index (χ3v) is 5.48. The molecule has 0 amide bonds. The fourth-order valence-electron chi connectivity index (χ4n) is 3.09. The van der Waals surface area contributed by atoms with E-state index >= 15 is 0 Å². The van der Waals surface area contributed by atoms with E-state index in [1.807, 2.05) is 0 Å². The highest BCUT2D eigenvalue weighted by molar-refractivity contribution is 7.89. The molecule has 0 fully saturated rings. The van der Waals surface area contributed by atoms with Crippen LogP contribution in [0.2, 0.25) is 0 Å². The van der Waals surface area contributed by atoms with Crippen molar-refractivity contribution in [3.8, 4) is 5.69 Å². The van der Waals surface area contributed by atoms with Crippen molar-refractivity contribution in [3.63, 3.8) is 0 Å². The number of rotatable bonds is 10. The van der Waals surface area contributed by atoms with Gasteiger partial charge in [0.1, 0.15) is 5.82 Å². The summed E-state index contributed by atoms with van der Waals surface area (Å²) in [5.41, 5.74) is 1.94. The number of primary sulfonamides is 1. The smallest absolute Gasteiger partial charge is 0.238 e. The predicted molar refractivity (Wildman–Crippen MR) is 111 cm³/mol. The Balaban J connectivity index is 1.82. The Morgan fingerprint density at radius 2 is 2.03 bits per heavy atom. The quantitative estimate of drug-likeness (QED) is 0.571. The van der Waals surface area contributed by atoms with Gasteiger partial charge in [0.05, 0.1) is 17.1 Å². The maximum absolute atomic E-state index is 11.5. The third-order valence-electron chi connectivity index (χ3n) is 4.55. The molecule has 0 bridgehead atoms. The van der Waals surface area contributed by atoms with Crippen molar-refractivity contribution in [1.29, 1.82) is 0 Å². The molecule has 156 valence electrons. The maximum Gasteiger partial charge on any atom is 0.238 e. The van der Waals surface area contributed by atoms with E-state index in [9.17, 15) is 8.42 Å². The molecule has 1 heterocycles. The molecule has 0 spiro atoms. The standard InChI is InChI=1S/C20H27N5O3S/c1-28-13-5-12-22-15-20-23-19(14-16-6-3-2-4-7-16)24-25(20)17-8-10-18(11-9-17)29(21,26)27/h3,6-11,22H,2,4-5,12-15H2,1H3,(H2,21,26,27). The summed E-state index contributed by atoms with van der Waals surface area (Å²) < 4.78 is 29.8. The number of hydrogen-bond acceptors (Lipinski definition) is 6. The summed E-state index contributed by atoms with van der Waals surface area (Å²) in [6, 6.07) is 6.33. The Morgan fingerprint density at radius 3 is 2.69 bits per heavy atom. The number of ether oxygens (including phenoxy) is 1. The van der Waals surface area contributed by atoms with Crippen LogP contribution in [0.15, 0.2) is 53.0 Å². The van der Waals surface area contributed by atoms with E-state index in [-0.39, 0.29) is 4.90 Å². The number of benzene rings is 1. The molecule has 0 saturated carbocycles. The van der Waals surface area contributed by atoms with Crippen LogP contribution in [0.25, 0.3) is 5.69 Å². The van der Waals surface area contributed by atoms with Gasteiger partial charge in [0.15, 0.2) is 5.82 Å². The van der Waals surface area contributed by atoms with Crippen LogP contribution in [-0.4, -0.2) is 43.4 Å². The monoisotopic (exact) mass is 417 g/mol. The number of nitrogens with zero attached hydrogens (tertiary/aromatic N) is 3. The van der Waals surface area contributed by atoms with Crippen LogP contribution >= 0.6 is 0 Å². The molecule has 3 N–H and O–H groups in total. The van der Waals surface area contributed by atoms with E-state index in [1.165, 1.54) is 17.7 Å². The van der Waals surface area contributed by atoms with E-state index in [4.69, 9.17) is 14.9 Å². The molecule has 2 aromatic rings. The molecule has 0 unspecified atom stereocenters. The van der Waals surface area contributed by atoms with Gasteiger partial charge in [-0.1, -0.05) is 18.2 Å². The number of methoxy groups -OCH3 is 1. The molecule has 29 heavy (non-hydrogen) atoms. The van der Waals surface area contributed by atoms with E-state index in [1.54, 1.807) is 23.9 Å². The van der Waals surface area contributed by atoms with Crippen LogP contribution in [0.1, 0.15) is 30.9 Å². The second kappa shape index (κ2) is 9.93. The Hall–Kier alpha value is -2.33. The average molecular weight is 418 g/mol. The topological polar surface area (TPSA) is 112 Å². The van der Waals surface area contributed by atoms with Gasteiger partial charge < -0.3 is 10.1 Å². The highest BCUT2D eigenvalue weighted by atomic mass is 32.2. The van der Waals surface area contributed by atoms with Crippen molar-refractivity contribution in [2.75, 3.05) is 20.3 Å². The van der Waals surface area contributed by atoms with Crippen molar-refractivity contribution < 1.29 is 13.2 Å². The third kappa shape index (κ3) is 6.07. The lowest BCUT2D eigenvalue weighted by Gasteiger charge is -2.08. The Labute approximate surface area is 171 Å². The van der Waals surface area contributed by atoms with Gasteiger partial charge in [0.25, 0.3) is 0 Å². The van der Waals surface area contributed by atoms with E-state index in [0.29, 0.717) is 19.6 Å². The van der Waals surface area contributed by atoms with Crippen molar-refractivity contribution in [1.82, 2.24) is 20.1 Å². The summed E-state index contributed by atoms with van der Waals surface area (Å²) in [7, 11) is -2.05. The number of nitrogens with two attached hydrogens (primary N) is 1. The first-order chi connectivity index (χ1) is 14.0. The first-order valence-corrected chi connectivity index (χ1v) is 11.2. The zero-order valence-electron chi connectivity index (χ0n) is 16.5. The molecule has 8 nitrogen and oxygen atoms in total. The SMILES string of the molecule is COCCCNCc1nc(CC2=CCCC=C2)nn1-c1ccc(S(N)(=O)=O)cc1. The number of sulfonamides is 1. The molecule has 1 aliphatic rings. The van der Waals surface area contributed by atoms with Crippen LogP contribution in [0.3, 0.4) is 0 Å². The molecule has 3 rings (SSSR count). The van der Waals surface area contributed by atoms with E-state index in [2.05, 4.69) is 28.6 Å². The lowest BCUT2D eigenvalue weighted by Crippen LogP contribution is -2.19. The van der Waals surface area contributed by atoms with Crippen molar-refractivity contribution in [2.24, 2.45) is 5.14 Å². The number of hydrogen-bond donors (Lipinski definition) is 2. The molecular weight excluding hydrogens is 390 g/mol. The fourth-order valence-corrected chi connectivity index (χ4v) is 3.60. The first kappa shape index (κ1) is 21.4. The van der Waals surface area contributed by atoms with E-state index in [0.717, 1.165) is 43.1 Å². The lowest BCUT2D eigenvalue weighted by atomic mass is 10.0. The van der Waals surface area contributed by atoms with Crippen molar-refractivity contribution in [3.05, 3.63) is 59.7 Å². The summed E-state index contributed by atoms with van der Waals surface area (Å²) in [5.74, 6) is 1.49. The van der Waals surface area contributed by atoms with Gasteiger partial charge in [-0.25, -0.2) is 23.2 Å². The minimum atomic E-state index is -3.73. The Kier molecular flexibility index (Phi) is 7.32. The average Bonchev–Trinajstić information content (AvgIpc) is 3.10. The van der Waals surface area contributed by atoms with Crippen molar-refractivity contribution in [2.45, 2.75) is 37.1 Å². The van der Waals surface area contributed by atoms with E-state index < -0.39 is 10.0 Å². The van der Waals surface area contributed by atoms with Crippen LogP contribution in [-0.2, 0) is 27.7 Å². The van der Waals surface area contributed by atoms with Gasteiger partial charge in [-0.15, -0.1) is 0 Å². The van der Waals surface area contributed by atoms with Crippen LogP contribution < -0.4 is 10.5 Å². The zero-order valence-corrected chi connectivity index (χ0v) is 17.4. The van der Waals surface area contributed by atoms with Gasteiger partial charge in [-0.05, 0) is 55.6 Å². The second-order valence-corrected chi connectivity index (χ2v) is 8.42. The molecule has 9 heteroatoms. The Morgan fingerprint density at radius 1 is 1.24 bits per heavy atom. The largest absolute Gasteiger partial charge is 0.385 e. The maximum atomic E-state index is 11.5. The Bertz CT molecular complexity index is 978. The summed E-state index contributed by atoms with van der Waals surface area (Å²) in [6.07, 6.45) is 10.2. The summed E-state index contributed by atoms with van der Waals surface area (Å²) in [5, 5.41) is 13.2. The number of allylic oxidation sites excluding steroid dienone is 4. The molecule has 0 saturated heterocycles. The van der Waals surface area contributed by atoms with Gasteiger partial charge in [-0.2, -0.15) is 5.10 Å². The normalized spacial score (nSPS) is 14.2.